The first kappa shape index (κ1) is 12.5. The molecule has 1 aliphatic rings. The van der Waals surface area contributed by atoms with Crippen molar-refractivity contribution in [2.75, 3.05) is 33.8 Å². The van der Waals surface area contributed by atoms with E-state index in [1.54, 1.807) is 0 Å². The summed E-state index contributed by atoms with van der Waals surface area (Å²) < 4.78 is 5.85. The Morgan fingerprint density at radius 2 is 2.53 bits per heavy atom. The Hall–Kier alpha value is -0.970. The Bertz CT molecular complexity index is 331. The van der Waals surface area contributed by atoms with E-state index in [9.17, 15) is 0 Å². The Kier molecular flexibility index (Phi) is 4.48. The molecular weight excluding hydrogens is 214 g/mol. The van der Waals surface area contributed by atoms with E-state index in [2.05, 4.69) is 28.3 Å². The van der Waals surface area contributed by atoms with Crippen LogP contribution in [0.1, 0.15) is 5.56 Å². The van der Waals surface area contributed by atoms with E-state index in [0.29, 0.717) is 6.04 Å². The van der Waals surface area contributed by atoms with Gasteiger partial charge in [-0.2, -0.15) is 0 Å². The van der Waals surface area contributed by atoms with Crippen molar-refractivity contribution < 1.29 is 4.74 Å². The lowest BCUT2D eigenvalue weighted by molar-refractivity contribution is -0.0372. The van der Waals surface area contributed by atoms with Crippen molar-refractivity contribution in [1.82, 2.24) is 15.2 Å². The molecule has 2 atom stereocenters. The predicted molar refractivity (Wildman–Crippen MR) is 68.0 cm³/mol. The quantitative estimate of drug-likeness (QED) is 0.826. The Morgan fingerprint density at radius 3 is 3.18 bits per heavy atom. The summed E-state index contributed by atoms with van der Waals surface area (Å²) in [6, 6.07) is 4.45. The second-order valence-corrected chi connectivity index (χ2v) is 4.63. The lowest BCUT2D eigenvalue weighted by atomic mass is 10.0. The van der Waals surface area contributed by atoms with Gasteiger partial charge in [0.15, 0.2) is 0 Å². The molecule has 4 nitrogen and oxygen atoms in total. The minimum atomic E-state index is 0.263. The predicted octanol–water partition coefficient (Wildman–Crippen LogP) is 0.543. The maximum atomic E-state index is 5.85. The van der Waals surface area contributed by atoms with E-state index in [4.69, 9.17) is 4.74 Å². The molecule has 0 amide bonds. The molecule has 1 aliphatic heterocycles. The van der Waals surface area contributed by atoms with Gasteiger partial charge in [-0.05, 0) is 32.1 Å². The minimum absolute atomic E-state index is 0.263. The molecule has 0 aromatic carbocycles. The van der Waals surface area contributed by atoms with Gasteiger partial charge in [0.05, 0.1) is 12.7 Å². The molecule has 4 heteroatoms. The fourth-order valence-corrected chi connectivity index (χ4v) is 2.25. The first-order valence-electron chi connectivity index (χ1n) is 6.16. The third kappa shape index (κ3) is 3.49. The lowest BCUT2D eigenvalue weighted by Crippen LogP contribution is -2.51. The number of hydrogen-bond acceptors (Lipinski definition) is 4. The van der Waals surface area contributed by atoms with Gasteiger partial charge in [-0.25, -0.2) is 0 Å². The average Bonchev–Trinajstić information content (AvgIpc) is 2.37. The normalized spacial score (nSPS) is 23.5. The van der Waals surface area contributed by atoms with Crippen LogP contribution in [0.5, 0.6) is 0 Å². The minimum Gasteiger partial charge on any atom is -0.374 e. The molecule has 94 valence electrons. The molecule has 0 bridgehead atoms. The van der Waals surface area contributed by atoms with E-state index < -0.39 is 0 Å². The number of nitrogens with one attached hydrogen (secondary N) is 1. The van der Waals surface area contributed by atoms with E-state index in [1.165, 1.54) is 5.56 Å². The molecule has 1 aromatic rings. The molecule has 2 heterocycles. The molecule has 1 aromatic heterocycles. The molecule has 2 unspecified atom stereocenters. The van der Waals surface area contributed by atoms with Crippen molar-refractivity contribution in [3.05, 3.63) is 30.1 Å². The van der Waals surface area contributed by atoms with E-state index >= 15 is 0 Å². The van der Waals surface area contributed by atoms with Crippen LogP contribution < -0.4 is 5.32 Å². The standard InChI is InChI=1S/C13H21N3O/c1-14-12(8-11-4-3-5-15-9-11)13-10-16(2)6-7-17-13/h3-5,9,12-14H,6-8,10H2,1-2H3. The second kappa shape index (κ2) is 6.10. The van der Waals surface area contributed by atoms with Crippen LogP contribution in [0, 0.1) is 0 Å². The third-order valence-corrected chi connectivity index (χ3v) is 3.29. The summed E-state index contributed by atoms with van der Waals surface area (Å²) in [6.45, 7) is 2.85. The van der Waals surface area contributed by atoms with Crippen LogP contribution >= 0.6 is 0 Å². The molecular formula is C13H21N3O. The third-order valence-electron chi connectivity index (χ3n) is 3.29. The fourth-order valence-electron chi connectivity index (χ4n) is 2.25. The number of likely N-dealkylation sites (N-methyl/N-ethyl adjacent to an activating group) is 2. The number of pyridine rings is 1. The topological polar surface area (TPSA) is 37.4 Å². The Morgan fingerprint density at radius 1 is 1.65 bits per heavy atom. The maximum absolute atomic E-state index is 5.85. The monoisotopic (exact) mass is 235 g/mol. The van der Waals surface area contributed by atoms with E-state index in [1.807, 2.05) is 25.5 Å². The van der Waals surface area contributed by atoms with Gasteiger partial charge in [0, 0.05) is 31.5 Å². The van der Waals surface area contributed by atoms with Crippen molar-refractivity contribution in [3.8, 4) is 0 Å². The zero-order valence-electron chi connectivity index (χ0n) is 10.6. The van der Waals surface area contributed by atoms with Gasteiger partial charge in [0.25, 0.3) is 0 Å². The molecule has 1 N–H and O–H groups in total. The van der Waals surface area contributed by atoms with Gasteiger partial charge >= 0.3 is 0 Å². The van der Waals surface area contributed by atoms with Crippen molar-refractivity contribution in [1.29, 1.82) is 0 Å². The molecule has 1 fully saturated rings. The second-order valence-electron chi connectivity index (χ2n) is 4.63. The van der Waals surface area contributed by atoms with Crippen LogP contribution in [0.25, 0.3) is 0 Å². The average molecular weight is 235 g/mol. The van der Waals surface area contributed by atoms with Gasteiger partial charge in [0.1, 0.15) is 0 Å². The number of ether oxygens (including phenoxy) is 1. The SMILES string of the molecule is CNC(Cc1cccnc1)C1CN(C)CCO1. The van der Waals surface area contributed by atoms with Gasteiger partial charge < -0.3 is 15.0 Å². The summed E-state index contributed by atoms with van der Waals surface area (Å²) in [4.78, 5) is 6.47. The van der Waals surface area contributed by atoms with Crippen LogP contribution in [0.4, 0.5) is 0 Å². The summed E-state index contributed by atoms with van der Waals surface area (Å²) in [5.41, 5.74) is 1.25. The Balaban J connectivity index is 1.96. The summed E-state index contributed by atoms with van der Waals surface area (Å²) in [6.07, 6.45) is 4.96. The van der Waals surface area contributed by atoms with Crippen LogP contribution in [-0.4, -0.2) is 55.8 Å². The highest BCUT2D eigenvalue weighted by Crippen LogP contribution is 2.11. The van der Waals surface area contributed by atoms with E-state index in [0.717, 1.165) is 26.1 Å². The number of hydrogen-bond donors (Lipinski definition) is 1. The lowest BCUT2D eigenvalue weighted by Gasteiger charge is -2.35. The van der Waals surface area contributed by atoms with Gasteiger partial charge in [-0.15, -0.1) is 0 Å². The highest BCUT2D eigenvalue weighted by atomic mass is 16.5. The summed E-state index contributed by atoms with van der Waals surface area (Å²) in [7, 11) is 4.14. The van der Waals surface area contributed by atoms with Crippen LogP contribution in [-0.2, 0) is 11.2 Å². The number of nitrogens with zero attached hydrogens (tertiary/aromatic N) is 2. The zero-order chi connectivity index (χ0) is 12.1. The van der Waals surface area contributed by atoms with Crippen molar-refractivity contribution in [3.63, 3.8) is 0 Å². The van der Waals surface area contributed by atoms with Crippen LogP contribution in [0.2, 0.25) is 0 Å². The van der Waals surface area contributed by atoms with Crippen molar-refractivity contribution >= 4 is 0 Å². The van der Waals surface area contributed by atoms with E-state index in [-0.39, 0.29) is 6.10 Å². The Labute approximate surface area is 103 Å². The zero-order valence-corrected chi connectivity index (χ0v) is 10.6. The summed E-state index contributed by atoms with van der Waals surface area (Å²) in [5.74, 6) is 0. The molecule has 0 spiro atoms. The van der Waals surface area contributed by atoms with Gasteiger partial charge in [-0.3, -0.25) is 4.98 Å². The van der Waals surface area contributed by atoms with Crippen LogP contribution in [0.3, 0.4) is 0 Å². The fraction of sp³-hybridized carbons (Fsp3) is 0.615. The molecule has 0 aliphatic carbocycles. The first-order valence-corrected chi connectivity index (χ1v) is 6.16. The first-order chi connectivity index (χ1) is 8.29. The van der Waals surface area contributed by atoms with Gasteiger partial charge in [0.2, 0.25) is 0 Å². The summed E-state index contributed by atoms with van der Waals surface area (Å²) in [5, 5.41) is 3.36. The maximum Gasteiger partial charge on any atom is 0.0858 e. The molecule has 17 heavy (non-hydrogen) atoms. The van der Waals surface area contributed by atoms with Crippen molar-refractivity contribution in [2.45, 2.75) is 18.6 Å². The van der Waals surface area contributed by atoms with Gasteiger partial charge in [-0.1, -0.05) is 6.07 Å². The molecule has 0 radical (unpaired) electrons. The highest BCUT2D eigenvalue weighted by molar-refractivity contribution is 5.11. The van der Waals surface area contributed by atoms with Crippen LogP contribution in [0.15, 0.2) is 24.5 Å². The molecule has 1 saturated heterocycles. The summed E-state index contributed by atoms with van der Waals surface area (Å²) >= 11 is 0. The highest BCUT2D eigenvalue weighted by Gasteiger charge is 2.25. The largest absolute Gasteiger partial charge is 0.374 e. The number of rotatable bonds is 4. The number of morpholine rings is 1. The van der Waals surface area contributed by atoms with Crippen molar-refractivity contribution in [2.24, 2.45) is 0 Å². The smallest absolute Gasteiger partial charge is 0.0858 e. The molecule has 0 saturated carbocycles. The number of aromatic nitrogens is 1. The molecule has 2 rings (SSSR count).